The fraction of sp³-hybridized carbons (Fsp3) is 0.0667. The molecule has 2 heterocycles. The molecule has 4 rings (SSSR count). The molecule has 5 nitrogen and oxygen atoms in total. The number of hydrogen-bond acceptors (Lipinski definition) is 3. The lowest BCUT2D eigenvalue weighted by atomic mass is 10.2. The van der Waals surface area contributed by atoms with E-state index >= 15 is 0 Å². The van der Waals surface area contributed by atoms with Gasteiger partial charge in [-0.25, -0.2) is 13.9 Å². The van der Waals surface area contributed by atoms with Crippen LogP contribution in [-0.4, -0.2) is 19.6 Å². The maximum atomic E-state index is 13.6. The number of nitrogens with one attached hydrogen (secondary N) is 2. The molecule has 2 aromatic heterocycles. The summed E-state index contributed by atoms with van der Waals surface area (Å²) in [6.45, 7) is 0.362. The Bertz CT molecular complexity index is 924. The summed E-state index contributed by atoms with van der Waals surface area (Å²) in [4.78, 5) is 8.77. The highest BCUT2D eigenvalue weighted by Crippen LogP contribution is 2.16. The number of hydrogen-bond donors (Lipinski definition) is 2. The molecular weight excluding hydrogens is 269 g/mol. The molecule has 2 aromatic carbocycles. The van der Waals surface area contributed by atoms with E-state index in [2.05, 4.69) is 20.4 Å². The van der Waals surface area contributed by atoms with E-state index in [1.165, 1.54) is 6.07 Å². The Morgan fingerprint density at radius 2 is 1.86 bits per heavy atom. The van der Waals surface area contributed by atoms with Gasteiger partial charge in [-0.2, -0.15) is 4.98 Å². The number of imidazole rings is 1. The molecule has 0 saturated heterocycles. The standard InChI is InChI=1S/C15H12FN5/c16-11-6-2-1-5-10(11)9-17-14-19-15-18-12-7-3-4-8-13(12)21(15)20-14/h1-8H,9H2,(H2,17,18,19,20). The molecule has 0 amide bonds. The van der Waals surface area contributed by atoms with Gasteiger partial charge in [0.05, 0.1) is 11.0 Å². The van der Waals surface area contributed by atoms with Gasteiger partial charge < -0.3 is 5.32 Å². The lowest BCUT2D eigenvalue weighted by Crippen LogP contribution is -2.03. The van der Waals surface area contributed by atoms with Gasteiger partial charge in [-0.15, -0.1) is 0 Å². The third-order valence-corrected chi connectivity index (χ3v) is 3.38. The number of aromatic nitrogens is 4. The van der Waals surface area contributed by atoms with Crippen LogP contribution in [-0.2, 0) is 6.54 Å². The van der Waals surface area contributed by atoms with E-state index in [4.69, 9.17) is 0 Å². The zero-order chi connectivity index (χ0) is 14.2. The molecule has 4 aromatic rings. The van der Waals surface area contributed by atoms with Gasteiger partial charge in [-0.3, -0.25) is 5.10 Å². The topological polar surface area (TPSA) is 58.0 Å². The van der Waals surface area contributed by atoms with Crippen molar-refractivity contribution in [1.29, 1.82) is 0 Å². The zero-order valence-electron chi connectivity index (χ0n) is 11.0. The van der Waals surface area contributed by atoms with E-state index in [1.54, 1.807) is 16.6 Å². The van der Waals surface area contributed by atoms with Gasteiger partial charge in [0, 0.05) is 12.1 Å². The minimum atomic E-state index is -0.230. The summed E-state index contributed by atoms with van der Waals surface area (Å²) >= 11 is 0. The van der Waals surface area contributed by atoms with Gasteiger partial charge in [0.2, 0.25) is 5.95 Å². The van der Waals surface area contributed by atoms with Crippen LogP contribution in [0.15, 0.2) is 48.5 Å². The largest absolute Gasteiger partial charge is 0.350 e. The SMILES string of the molecule is Fc1ccccc1CNc1nc2nc3ccccc3n2[nH]1. The maximum absolute atomic E-state index is 13.6. The summed E-state index contributed by atoms with van der Waals surface area (Å²) in [5, 5.41) is 6.19. The third kappa shape index (κ3) is 2.01. The summed E-state index contributed by atoms with van der Waals surface area (Å²) in [7, 11) is 0. The van der Waals surface area contributed by atoms with Crippen LogP contribution in [0.5, 0.6) is 0 Å². The summed E-state index contributed by atoms with van der Waals surface area (Å²) in [5.74, 6) is 0.922. The van der Waals surface area contributed by atoms with Crippen molar-refractivity contribution < 1.29 is 4.39 Å². The summed E-state index contributed by atoms with van der Waals surface area (Å²) < 4.78 is 15.4. The van der Waals surface area contributed by atoms with Crippen LogP contribution in [0.4, 0.5) is 10.3 Å². The smallest absolute Gasteiger partial charge is 0.253 e. The molecule has 0 radical (unpaired) electrons. The van der Waals surface area contributed by atoms with Gasteiger partial charge in [0.25, 0.3) is 5.78 Å². The molecule has 0 saturated carbocycles. The van der Waals surface area contributed by atoms with Crippen LogP contribution in [0, 0.1) is 5.82 Å². The highest BCUT2D eigenvalue weighted by Gasteiger charge is 2.09. The number of benzene rings is 2. The first-order chi connectivity index (χ1) is 10.3. The Morgan fingerprint density at radius 3 is 2.76 bits per heavy atom. The molecule has 0 aliphatic heterocycles. The minimum absolute atomic E-state index is 0.230. The molecule has 6 heteroatoms. The Labute approximate surface area is 119 Å². The molecule has 0 spiro atoms. The zero-order valence-corrected chi connectivity index (χ0v) is 11.0. The van der Waals surface area contributed by atoms with Crippen LogP contribution in [0.2, 0.25) is 0 Å². The van der Waals surface area contributed by atoms with Crippen LogP contribution >= 0.6 is 0 Å². The second-order valence-corrected chi connectivity index (χ2v) is 4.75. The van der Waals surface area contributed by atoms with E-state index in [0.29, 0.717) is 23.8 Å². The van der Waals surface area contributed by atoms with Crippen molar-refractivity contribution in [1.82, 2.24) is 19.6 Å². The third-order valence-electron chi connectivity index (χ3n) is 3.38. The van der Waals surface area contributed by atoms with Crippen LogP contribution in [0.25, 0.3) is 16.8 Å². The number of halogens is 1. The molecule has 0 unspecified atom stereocenters. The highest BCUT2D eigenvalue weighted by molar-refractivity contribution is 5.79. The number of para-hydroxylation sites is 2. The first-order valence-corrected chi connectivity index (χ1v) is 6.62. The quantitative estimate of drug-likeness (QED) is 0.607. The average molecular weight is 281 g/mol. The second-order valence-electron chi connectivity index (χ2n) is 4.75. The van der Waals surface area contributed by atoms with E-state index in [9.17, 15) is 4.39 Å². The normalized spacial score (nSPS) is 11.3. The first kappa shape index (κ1) is 11.9. The number of nitrogens with zero attached hydrogens (tertiary/aromatic N) is 3. The van der Waals surface area contributed by atoms with E-state index in [0.717, 1.165) is 11.0 Å². The van der Waals surface area contributed by atoms with E-state index in [-0.39, 0.29) is 5.82 Å². The Hall–Kier alpha value is -2.89. The Kier molecular flexibility index (Phi) is 2.60. The van der Waals surface area contributed by atoms with E-state index < -0.39 is 0 Å². The molecule has 0 fully saturated rings. The van der Waals surface area contributed by atoms with Crippen LogP contribution in [0.1, 0.15) is 5.56 Å². The number of H-pyrrole nitrogens is 1. The fourth-order valence-electron chi connectivity index (χ4n) is 2.33. The summed E-state index contributed by atoms with van der Waals surface area (Å²) in [6, 6.07) is 14.5. The van der Waals surface area contributed by atoms with Crippen molar-refractivity contribution in [2.45, 2.75) is 6.54 Å². The molecular formula is C15H12FN5. The molecule has 0 atom stereocenters. The molecule has 2 N–H and O–H groups in total. The highest BCUT2D eigenvalue weighted by atomic mass is 19.1. The van der Waals surface area contributed by atoms with Crippen LogP contribution < -0.4 is 5.32 Å². The van der Waals surface area contributed by atoms with Gasteiger partial charge >= 0.3 is 0 Å². The van der Waals surface area contributed by atoms with Gasteiger partial charge in [0.15, 0.2) is 0 Å². The van der Waals surface area contributed by atoms with Crippen molar-refractivity contribution in [3.63, 3.8) is 0 Å². The van der Waals surface area contributed by atoms with Crippen LogP contribution in [0.3, 0.4) is 0 Å². The lowest BCUT2D eigenvalue weighted by molar-refractivity contribution is 0.612. The molecule has 104 valence electrons. The monoisotopic (exact) mass is 281 g/mol. The van der Waals surface area contributed by atoms with Crippen molar-refractivity contribution >= 4 is 22.8 Å². The number of aromatic amines is 1. The molecule has 0 bridgehead atoms. The maximum Gasteiger partial charge on any atom is 0.253 e. The second kappa shape index (κ2) is 4.59. The summed E-state index contributed by atoms with van der Waals surface area (Å²) in [5.41, 5.74) is 2.44. The Balaban J connectivity index is 1.64. The van der Waals surface area contributed by atoms with Gasteiger partial charge in [-0.05, 0) is 18.2 Å². The van der Waals surface area contributed by atoms with Gasteiger partial charge in [0.1, 0.15) is 5.82 Å². The van der Waals surface area contributed by atoms with Crippen molar-refractivity contribution in [2.24, 2.45) is 0 Å². The molecule has 0 aliphatic rings. The Morgan fingerprint density at radius 1 is 1.05 bits per heavy atom. The average Bonchev–Trinajstić information content (AvgIpc) is 3.03. The predicted molar refractivity (Wildman–Crippen MR) is 78.6 cm³/mol. The number of rotatable bonds is 3. The van der Waals surface area contributed by atoms with Crippen molar-refractivity contribution in [3.05, 3.63) is 59.9 Å². The van der Waals surface area contributed by atoms with Gasteiger partial charge in [-0.1, -0.05) is 30.3 Å². The summed E-state index contributed by atoms with van der Waals surface area (Å²) in [6.07, 6.45) is 0. The lowest BCUT2D eigenvalue weighted by Gasteiger charge is -2.03. The predicted octanol–water partition coefficient (Wildman–Crippen LogP) is 2.96. The number of anilines is 1. The first-order valence-electron chi connectivity index (χ1n) is 6.62. The van der Waals surface area contributed by atoms with E-state index in [1.807, 2.05) is 30.3 Å². The fourth-order valence-corrected chi connectivity index (χ4v) is 2.33. The minimum Gasteiger partial charge on any atom is -0.350 e. The molecule has 0 aliphatic carbocycles. The van der Waals surface area contributed by atoms with Crippen molar-refractivity contribution in [2.75, 3.05) is 5.32 Å². The molecule has 21 heavy (non-hydrogen) atoms. The van der Waals surface area contributed by atoms with Crippen molar-refractivity contribution in [3.8, 4) is 0 Å². The number of fused-ring (bicyclic) bond motifs is 3.